The van der Waals surface area contributed by atoms with E-state index in [1.165, 1.54) is 73.8 Å². The lowest BCUT2D eigenvalue weighted by molar-refractivity contribution is 0.488. The molecule has 0 fully saturated rings. The van der Waals surface area contributed by atoms with E-state index in [0.717, 1.165) is 113 Å². The minimum atomic E-state index is -0.279. The van der Waals surface area contributed by atoms with E-state index in [-0.39, 0.29) is 13.4 Å². The van der Waals surface area contributed by atoms with Crippen LogP contribution in [0.15, 0.2) is 340 Å². The number of nitrogens with zero attached hydrogens (tertiary/aromatic N) is 4. The monoisotopic (exact) mass is 1310 g/mol. The van der Waals surface area contributed by atoms with Crippen LogP contribution in [0.2, 0.25) is 0 Å². The van der Waals surface area contributed by atoms with Crippen LogP contribution in [0.5, 0.6) is 23.0 Å². The zero-order valence-electron chi connectivity index (χ0n) is 53.9. The van der Waals surface area contributed by atoms with Crippen LogP contribution in [0.3, 0.4) is 0 Å². The Bertz CT molecular complexity index is 6050. The highest BCUT2D eigenvalue weighted by molar-refractivity contribution is 7.26. The van der Waals surface area contributed by atoms with Crippen LogP contribution in [0.1, 0.15) is 0 Å². The highest BCUT2D eigenvalue weighted by atomic mass is 32.1. The minimum Gasteiger partial charge on any atom is -0.458 e. The molecule has 466 valence electrons. The maximum atomic E-state index is 7.92. The molecule has 0 saturated heterocycles. The molecule has 0 unspecified atom stereocenters. The van der Waals surface area contributed by atoms with Gasteiger partial charge in [-0.25, -0.2) is 0 Å². The van der Waals surface area contributed by atoms with Crippen LogP contribution in [-0.4, -0.2) is 13.4 Å². The van der Waals surface area contributed by atoms with Crippen LogP contribution >= 0.6 is 22.7 Å². The Hall–Kier alpha value is -12.3. The Morgan fingerprint density at radius 2 is 0.680 bits per heavy atom. The van der Waals surface area contributed by atoms with Crippen LogP contribution in [0.25, 0.3) is 62.6 Å². The molecule has 6 heterocycles. The number of benzene rings is 15. The number of thiophene rings is 2. The van der Waals surface area contributed by atoms with Crippen molar-refractivity contribution in [1.29, 1.82) is 0 Å². The zero-order valence-corrected chi connectivity index (χ0v) is 55.5. The van der Waals surface area contributed by atoms with Crippen molar-refractivity contribution >= 4 is 177 Å². The molecule has 10 heteroatoms. The fraction of sp³-hybridized carbons (Fsp3) is 0. The first-order chi connectivity index (χ1) is 49.6. The summed E-state index contributed by atoms with van der Waals surface area (Å²) in [6.07, 6.45) is 0. The van der Waals surface area contributed by atoms with Crippen molar-refractivity contribution in [2.75, 3.05) is 19.6 Å². The molecule has 0 radical (unpaired) electrons. The van der Waals surface area contributed by atoms with Gasteiger partial charge in [-0.2, -0.15) is 0 Å². The number of ether oxygens (including phenoxy) is 2. The first-order valence-corrected chi connectivity index (χ1v) is 35.7. The summed E-state index contributed by atoms with van der Waals surface area (Å²) in [6, 6.07) is 124. The third kappa shape index (κ3) is 8.83. The fourth-order valence-corrected chi connectivity index (χ4v) is 18.6. The van der Waals surface area contributed by atoms with Gasteiger partial charge < -0.3 is 29.1 Å². The van der Waals surface area contributed by atoms with Crippen molar-refractivity contribution in [3.05, 3.63) is 340 Å². The van der Waals surface area contributed by atoms with Gasteiger partial charge in [0.1, 0.15) is 23.0 Å². The summed E-state index contributed by atoms with van der Waals surface area (Å²) in [6.45, 7) is -0.557. The van der Waals surface area contributed by atoms with Crippen LogP contribution in [0.4, 0.5) is 68.2 Å². The average molecular weight is 1310 g/mol. The number of fused-ring (bicyclic) bond motifs is 16. The third-order valence-corrected chi connectivity index (χ3v) is 22.9. The molecule has 15 aromatic carbocycles. The van der Waals surface area contributed by atoms with Gasteiger partial charge in [0.05, 0.1) is 17.1 Å². The van der Waals surface area contributed by atoms with E-state index in [1.54, 1.807) is 0 Å². The second-order valence-corrected chi connectivity index (χ2v) is 28.4. The molecular weight excluding hydrogens is 1250 g/mol. The summed E-state index contributed by atoms with van der Waals surface area (Å²) in [5.74, 6) is 3.32. The first kappa shape index (κ1) is 56.8. The Labute approximate surface area is 587 Å². The number of hydrogen-bond donors (Lipinski definition) is 0. The van der Waals surface area contributed by atoms with Gasteiger partial charge in [0.25, 0.3) is 13.4 Å². The van der Waals surface area contributed by atoms with E-state index in [0.29, 0.717) is 0 Å². The first-order valence-electron chi connectivity index (χ1n) is 34.1. The van der Waals surface area contributed by atoms with Crippen molar-refractivity contribution < 1.29 is 9.47 Å². The number of anilines is 12. The molecule has 17 aromatic rings. The lowest BCUT2D eigenvalue weighted by Gasteiger charge is -2.44. The molecule has 0 saturated carbocycles. The second kappa shape index (κ2) is 22.6. The smallest absolute Gasteiger partial charge is 0.256 e. The lowest BCUT2D eigenvalue weighted by atomic mass is 9.31. The van der Waals surface area contributed by atoms with Gasteiger partial charge in [0.15, 0.2) is 0 Å². The van der Waals surface area contributed by atoms with E-state index in [9.17, 15) is 0 Å². The topological polar surface area (TPSA) is 31.4 Å². The summed E-state index contributed by atoms with van der Waals surface area (Å²) in [7, 11) is 0. The molecule has 0 spiro atoms. The lowest BCUT2D eigenvalue weighted by Crippen LogP contribution is -2.63. The molecule has 2 aromatic heterocycles. The maximum absolute atomic E-state index is 7.92. The molecule has 4 aliphatic rings. The van der Waals surface area contributed by atoms with Crippen molar-refractivity contribution in [1.82, 2.24) is 0 Å². The van der Waals surface area contributed by atoms with E-state index < -0.39 is 0 Å². The average Bonchev–Trinajstić information content (AvgIpc) is 0.895. The number of rotatable bonds is 10. The van der Waals surface area contributed by atoms with Crippen molar-refractivity contribution in [2.24, 2.45) is 0 Å². The standard InChI is InChI=1S/C90H56B2N4O2S2/c1-9-25-57(26-10-1)59-41-45-81-69(49-59)85-83(99-81)47-43-71-89(85)96(66-39-23-8-24-40-66)77-52-68(94(63-33-17-5-18-34-63)64-35-19-6-20-36-64)53-79-88(77)91(71)74-55-73-75(56-78(74)97-79)95(65-37-21-7-22-38-65)76-51-67(93(61-29-13-3-14-30-61)62-31-15-4-16-32-62)54-80-87(76)92(73)72-44-48-84-86(90(72)98-80)70-50-60(42-46-82(70)100-84)58-27-11-2-12-28-58/h1-56H. The van der Waals surface area contributed by atoms with Gasteiger partial charge in [-0.3, -0.25) is 0 Å². The minimum absolute atomic E-state index is 0.278. The molecule has 21 rings (SSSR count). The van der Waals surface area contributed by atoms with Gasteiger partial charge in [-0.15, -0.1) is 22.7 Å². The predicted molar refractivity (Wildman–Crippen MR) is 424 cm³/mol. The number of hydrogen-bond acceptors (Lipinski definition) is 8. The highest BCUT2D eigenvalue weighted by Gasteiger charge is 2.48. The van der Waals surface area contributed by atoms with E-state index >= 15 is 0 Å². The summed E-state index contributed by atoms with van der Waals surface area (Å²) in [4.78, 5) is 9.77. The third-order valence-electron chi connectivity index (χ3n) is 20.6. The molecule has 0 aliphatic carbocycles. The Morgan fingerprint density at radius 3 is 1.19 bits per heavy atom. The number of para-hydroxylation sites is 6. The summed E-state index contributed by atoms with van der Waals surface area (Å²) in [5.41, 5.74) is 24.1. The summed E-state index contributed by atoms with van der Waals surface area (Å²) >= 11 is 3.70. The van der Waals surface area contributed by atoms with E-state index in [1.807, 2.05) is 22.7 Å². The highest BCUT2D eigenvalue weighted by Crippen LogP contribution is 2.53. The van der Waals surface area contributed by atoms with Crippen molar-refractivity contribution in [3.8, 4) is 45.3 Å². The van der Waals surface area contributed by atoms with Crippen LogP contribution in [-0.2, 0) is 0 Å². The van der Waals surface area contributed by atoms with Gasteiger partial charge in [0, 0.05) is 110 Å². The molecule has 6 nitrogen and oxygen atoms in total. The van der Waals surface area contributed by atoms with Gasteiger partial charge >= 0.3 is 0 Å². The molecule has 0 amide bonds. The van der Waals surface area contributed by atoms with Crippen molar-refractivity contribution in [2.45, 2.75) is 0 Å². The molecular formula is C90H56B2N4O2S2. The normalized spacial score (nSPS) is 12.9. The Balaban J connectivity index is 0.869. The van der Waals surface area contributed by atoms with Crippen LogP contribution in [0, 0.1) is 0 Å². The van der Waals surface area contributed by atoms with Gasteiger partial charge in [0.2, 0.25) is 0 Å². The SMILES string of the molecule is c1ccc(-c2ccc3sc4ccc5c(c4c3c2)Oc2cc(N(c3ccccc3)c3ccccc3)cc3c2B5c2cc4c(cc2N3c2ccccc2)Oc2cc(N(c3ccccc3)c3ccccc3)cc3c2B4c2ccc4sc5ccc(-c6ccccc6)cc5c4c2N3c2ccccc2)cc1. The van der Waals surface area contributed by atoms with Crippen molar-refractivity contribution in [3.63, 3.8) is 0 Å². The predicted octanol–water partition coefficient (Wildman–Crippen LogP) is 21.5. The van der Waals surface area contributed by atoms with Crippen LogP contribution < -0.4 is 61.9 Å². The van der Waals surface area contributed by atoms with E-state index in [4.69, 9.17) is 9.47 Å². The summed E-state index contributed by atoms with van der Waals surface area (Å²) in [5, 5.41) is 4.77. The second-order valence-electron chi connectivity index (χ2n) is 26.2. The van der Waals surface area contributed by atoms with E-state index in [2.05, 4.69) is 359 Å². The molecule has 0 atom stereocenters. The largest absolute Gasteiger partial charge is 0.458 e. The molecule has 100 heavy (non-hydrogen) atoms. The molecule has 0 N–H and O–H groups in total. The van der Waals surface area contributed by atoms with Gasteiger partial charge in [-0.05, 0) is 176 Å². The quantitative estimate of drug-likeness (QED) is 0.127. The zero-order chi connectivity index (χ0) is 65.5. The van der Waals surface area contributed by atoms with Gasteiger partial charge in [-0.1, -0.05) is 200 Å². The Kier molecular flexibility index (Phi) is 12.9. The Morgan fingerprint density at radius 1 is 0.270 bits per heavy atom. The summed E-state index contributed by atoms with van der Waals surface area (Å²) < 4.78 is 20.7. The molecule has 0 bridgehead atoms. The fourth-order valence-electron chi connectivity index (χ4n) is 16.4. The maximum Gasteiger partial charge on any atom is 0.256 e. The molecule has 4 aliphatic heterocycles.